The second-order valence-corrected chi connectivity index (χ2v) is 27.7. The van der Waals surface area contributed by atoms with Crippen molar-refractivity contribution in [3.05, 3.63) is 382 Å². The van der Waals surface area contributed by atoms with E-state index in [-0.39, 0.29) is 0 Å². The topological polar surface area (TPSA) is 136 Å². The fraction of sp³-hybridized carbons (Fsp3) is 0. The summed E-state index contributed by atoms with van der Waals surface area (Å²) in [6.07, 6.45) is 0. The minimum Gasteiger partial charge on any atom is -0.309 e. The van der Waals surface area contributed by atoms with Crippen molar-refractivity contribution in [1.82, 2.24) is 63.1 Å². The second-order valence-electron chi connectivity index (χ2n) is 27.7. The average molecular weight is 1430 g/mol. The molecule has 0 bridgehead atoms. The monoisotopic (exact) mass is 1430 g/mol. The highest BCUT2D eigenvalue weighted by Gasteiger charge is 2.25. The third-order valence-electron chi connectivity index (χ3n) is 21.0. The van der Waals surface area contributed by atoms with Crippen LogP contribution in [-0.2, 0) is 0 Å². The predicted octanol–water partition coefficient (Wildman–Crippen LogP) is 23.7. The van der Waals surface area contributed by atoms with E-state index in [1.807, 2.05) is 182 Å². The van der Waals surface area contributed by atoms with E-state index in [0.29, 0.717) is 52.8 Å². The van der Waals surface area contributed by atoms with Crippen molar-refractivity contribution in [2.75, 3.05) is 0 Å². The van der Waals surface area contributed by atoms with Gasteiger partial charge in [-0.05, 0) is 89.0 Å². The molecule has 22 rings (SSSR count). The summed E-state index contributed by atoms with van der Waals surface area (Å²) in [6, 6.07) is 132. The van der Waals surface area contributed by atoms with Crippen molar-refractivity contribution < 1.29 is 0 Å². The van der Waals surface area contributed by atoms with Crippen LogP contribution in [0.1, 0.15) is 0 Å². The summed E-state index contributed by atoms with van der Waals surface area (Å²) in [6.45, 7) is 0. The molecule has 7 aromatic heterocycles. The van der Waals surface area contributed by atoms with Crippen molar-refractivity contribution in [3.8, 4) is 114 Å². The lowest BCUT2D eigenvalue weighted by molar-refractivity contribution is 0.953. The van der Waals surface area contributed by atoms with Gasteiger partial charge in [-0.3, -0.25) is 13.7 Å². The van der Waals surface area contributed by atoms with Crippen molar-refractivity contribution in [3.63, 3.8) is 0 Å². The number of aromatic nitrogens is 13. The highest BCUT2D eigenvalue weighted by atomic mass is 15.2. The molecule has 0 aliphatic heterocycles. The highest BCUT2D eigenvalue weighted by Crippen LogP contribution is 2.44. The van der Waals surface area contributed by atoms with Crippen molar-refractivity contribution >= 4 is 87.2 Å². The van der Waals surface area contributed by atoms with Crippen LogP contribution in [-0.4, -0.2) is 63.1 Å². The summed E-state index contributed by atoms with van der Waals surface area (Å²) in [5.41, 5.74) is 19.6. The van der Waals surface area contributed by atoms with Crippen LogP contribution in [0.5, 0.6) is 0 Å². The summed E-state index contributed by atoms with van der Waals surface area (Å²) in [4.78, 5) is 45.8. The Morgan fingerprint density at radius 3 is 0.804 bits per heavy atom. The summed E-state index contributed by atoms with van der Waals surface area (Å²) in [5.74, 6) is 5.40. The van der Waals surface area contributed by atoms with Gasteiger partial charge < -0.3 is 4.57 Å². The van der Waals surface area contributed by atoms with Crippen LogP contribution in [0.4, 0.5) is 0 Å². The molecule has 15 aromatic carbocycles. The zero-order valence-electron chi connectivity index (χ0n) is 60.2. The van der Waals surface area contributed by atoms with E-state index >= 15 is 0 Å². The van der Waals surface area contributed by atoms with E-state index in [2.05, 4.69) is 218 Å². The van der Waals surface area contributed by atoms with Gasteiger partial charge in [0, 0.05) is 82.2 Å². The molecule has 0 fully saturated rings. The predicted molar refractivity (Wildman–Crippen MR) is 454 cm³/mol. The molecule has 0 atom stereocenters. The molecular weight excluding hydrogens is 1370 g/mol. The van der Waals surface area contributed by atoms with Crippen molar-refractivity contribution in [2.45, 2.75) is 0 Å². The van der Waals surface area contributed by atoms with Gasteiger partial charge in [0.2, 0.25) is 17.8 Å². The van der Waals surface area contributed by atoms with Crippen LogP contribution in [0.3, 0.4) is 0 Å². The maximum Gasteiger partial charge on any atom is 0.238 e. The number of benzene rings is 15. The molecular formula is C99H63N13. The van der Waals surface area contributed by atoms with Gasteiger partial charge in [0.25, 0.3) is 0 Å². The van der Waals surface area contributed by atoms with Crippen LogP contribution in [0, 0.1) is 0 Å². The lowest BCUT2D eigenvalue weighted by atomic mass is 9.98. The van der Waals surface area contributed by atoms with Gasteiger partial charge in [-0.15, -0.1) is 0 Å². The van der Waals surface area contributed by atoms with Crippen LogP contribution >= 0.6 is 0 Å². The number of nitrogens with zero attached hydrogens (tertiary/aromatic N) is 13. The molecule has 0 aliphatic carbocycles. The first-order valence-electron chi connectivity index (χ1n) is 37.4. The third kappa shape index (κ3) is 11.3. The van der Waals surface area contributed by atoms with Gasteiger partial charge in [0.15, 0.2) is 34.9 Å². The van der Waals surface area contributed by atoms with Crippen molar-refractivity contribution in [2.24, 2.45) is 0 Å². The number of para-hydroxylation sites is 5. The maximum absolute atomic E-state index is 5.18. The molecule has 13 heteroatoms. The summed E-state index contributed by atoms with van der Waals surface area (Å²) >= 11 is 0. The van der Waals surface area contributed by atoms with Gasteiger partial charge in [-0.1, -0.05) is 315 Å². The molecule has 0 amide bonds. The van der Waals surface area contributed by atoms with Gasteiger partial charge >= 0.3 is 0 Å². The number of rotatable bonds is 12. The molecule has 13 nitrogen and oxygen atoms in total. The smallest absolute Gasteiger partial charge is 0.238 e. The van der Waals surface area contributed by atoms with E-state index in [1.54, 1.807) is 0 Å². The Bertz CT molecular complexity index is 7180. The molecule has 112 heavy (non-hydrogen) atoms. The molecule has 0 N–H and O–H groups in total. The highest BCUT2D eigenvalue weighted by molar-refractivity contribution is 6.19. The van der Waals surface area contributed by atoms with E-state index in [9.17, 15) is 0 Å². The maximum atomic E-state index is 5.18. The first-order valence-corrected chi connectivity index (χ1v) is 37.4. The third-order valence-corrected chi connectivity index (χ3v) is 21.0. The van der Waals surface area contributed by atoms with Gasteiger partial charge in [-0.2, -0.15) is 29.9 Å². The zero-order chi connectivity index (χ0) is 74.0. The van der Waals surface area contributed by atoms with E-state index in [4.69, 9.17) is 44.9 Å². The molecule has 0 aliphatic rings. The Morgan fingerprint density at radius 1 is 0.152 bits per heavy atom. The summed E-state index contributed by atoms with van der Waals surface area (Å²) < 4.78 is 8.90. The number of fused-ring (bicyclic) bond motifs is 12. The minimum absolute atomic E-state index is 0.550. The zero-order valence-corrected chi connectivity index (χ0v) is 60.2. The van der Waals surface area contributed by atoms with E-state index in [0.717, 1.165) is 127 Å². The van der Waals surface area contributed by atoms with E-state index in [1.165, 1.54) is 21.8 Å². The SMILES string of the molecule is c1ccc(-c2nc(-c3ccccc3)nc(-n3c4ccccc4c4c(-c5ccc6c(c5)c5ccccc5n6-c5ccccc5)cccc43)n2)cc1.c1ccc(-c2nc(-c3ccccc3)nc(-n3c4ccccc4c4ccc(-c5cccc6c5c5ccccc5n6-c5nc(-c6ccccc6)nc(-c6ccccc6)n5)cc43)n2)cc1. The standard InChI is InChI=1S/C54H34N8.C45H29N5/c1-5-18-35(19-6-1)49-55-50(36-20-7-2-8-21-36)58-53(57-49)61-45-30-16-14-27-43(45)48-40(28-17-31-46(48)61)39-32-33-42-41-26-13-15-29-44(41)62(47(42)34-39)54-59-51(37-22-9-3-10-23-37)56-52(60-54)38-24-11-4-12-25-38;1-4-15-30(16-5-1)43-46-44(31-17-6-2-7-18-31)48-45(47-43)50-39-25-13-11-22-36(39)42-34(23-14-26-41(42)50)32-27-28-40-37(29-32)35-21-10-12-24-38(35)49(40)33-19-8-3-9-20-33/h1-34H;1-29H. The second kappa shape index (κ2) is 27.4. The Hall–Kier alpha value is -15.5. The summed E-state index contributed by atoms with van der Waals surface area (Å²) in [7, 11) is 0. The molecule has 0 saturated carbocycles. The summed E-state index contributed by atoms with van der Waals surface area (Å²) in [5, 5.41) is 9.18. The molecule has 7 heterocycles. The molecule has 22 aromatic rings. The largest absolute Gasteiger partial charge is 0.309 e. The van der Waals surface area contributed by atoms with Gasteiger partial charge in [0.05, 0.1) is 44.1 Å². The van der Waals surface area contributed by atoms with Crippen LogP contribution in [0.2, 0.25) is 0 Å². The number of hydrogen-bond donors (Lipinski definition) is 0. The Labute approximate surface area is 642 Å². The van der Waals surface area contributed by atoms with Crippen LogP contribution in [0.25, 0.3) is 201 Å². The first kappa shape index (κ1) is 64.9. The molecule has 524 valence electrons. The van der Waals surface area contributed by atoms with E-state index < -0.39 is 0 Å². The number of hydrogen-bond acceptors (Lipinski definition) is 9. The molecule has 0 unspecified atom stereocenters. The fourth-order valence-corrected chi connectivity index (χ4v) is 16.0. The molecule has 0 spiro atoms. The molecule has 0 radical (unpaired) electrons. The fourth-order valence-electron chi connectivity index (χ4n) is 16.0. The normalized spacial score (nSPS) is 11.6. The Morgan fingerprint density at radius 2 is 0.420 bits per heavy atom. The lowest BCUT2D eigenvalue weighted by Crippen LogP contribution is -2.06. The van der Waals surface area contributed by atoms with Crippen LogP contribution < -0.4 is 0 Å². The lowest BCUT2D eigenvalue weighted by Gasteiger charge is -2.12. The average Bonchev–Trinajstić information content (AvgIpc) is 1.57. The Kier molecular flexibility index (Phi) is 15.9. The minimum atomic E-state index is 0.550. The first-order chi connectivity index (χ1) is 55.6. The van der Waals surface area contributed by atoms with Crippen molar-refractivity contribution in [1.29, 1.82) is 0 Å². The Balaban J connectivity index is 0.000000145. The quantitative estimate of drug-likeness (QED) is 0.117. The van der Waals surface area contributed by atoms with Crippen LogP contribution in [0.15, 0.2) is 382 Å². The molecule has 0 saturated heterocycles. The van der Waals surface area contributed by atoms with Gasteiger partial charge in [-0.25, -0.2) is 15.0 Å². The van der Waals surface area contributed by atoms with Gasteiger partial charge in [0.1, 0.15) is 0 Å².